The number of ether oxygens (including phenoxy) is 1. The van der Waals surface area contributed by atoms with E-state index in [1.807, 2.05) is 41.8 Å². The Bertz CT molecular complexity index is 812. The van der Waals surface area contributed by atoms with Crippen LogP contribution < -0.4 is 0 Å². The highest BCUT2D eigenvalue weighted by atomic mass is 32.1. The SMILES string of the molecule is O=C(OCC(=O)c1cccs1)c1ccc(Cc2ccccc2)cn1. The van der Waals surface area contributed by atoms with Crippen LogP contribution in [0.1, 0.15) is 31.3 Å². The van der Waals surface area contributed by atoms with Gasteiger partial charge in [0.05, 0.1) is 4.88 Å². The maximum atomic E-state index is 12.0. The van der Waals surface area contributed by atoms with Crippen molar-refractivity contribution in [2.75, 3.05) is 6.61 Å². The predicted octanol–water partition coefficient (Wildman–Crippen LogP) is 3.77. The molecule has 0 bridgehead atoms. The third kappa shape index (κ3) is 4.14. The zero-order chi connectivity index (χ0) is 16.8. The van der Waals surface area contributed by atoms with Crippen molar-refractivity contribution in [2.45, 2.75) is 6.42 Å². The van der Waals surface area contributed by atoms with Gasteiger partial charge in [-0.2, -0.15) is 0 Å². The molecule has 0 radical (unpaired) electrons. The van der Waals surface area contributed by atoms with Gasteiger partial charge in [-0.05, 0) is 35.1 Å². The summed E-state index contributed by atoms with van der Waals surface area (Å²) in [5.41, 5.74) is 2.38. The van der Waals surface area contributed by atoms with Crippen molar-refractivity contribution in [3.05, 3.63) is 87.9 Å². The van der Waals surface area contributed by atoms with Crippen LogP contribution in [0, 0.1) is 0 Å². The molecule has 3 rings (SSSR count). The van der Waals surface area contributed by atoms with E-state index in [1.165, 1.54) is 16.9 Å². The number of hydrogen-bond acceptors (Lipinski definition) is 5. The summed E-state index contributed by atoms with van der Waals surface area (Å²) in [6.45, 7) is -0.271. The van der Waals surface area contributed by atoms with E-state index in [9.17, 15) is 9.59 Å². The maximum Gasteiger partial charge on any atom is 0.357 e. The van der Waals surface area contributed by atoms with Crippen LogP contribution in [0.25, 0.3) is 0 Å². The van der Waals surface area contributed by atoms with Gasteiger partial charge in [-0.15, -0.1) is 11.3 Å². The fraction of sp³-hybridized carbons (Fsp3) is 0.105. The van der Waals surface area contributed by atoms with E-state index in [1.54, 1.807) is 24.4 Å². The molecule has 24 heavy (non-hydrogen) atoms. The van der Waals surface area contributed by atoms with Gasteiger partial charge in [0.1, 0.15) is 5.69 Å². The summed E-state index contributed by atoms with van der Waals surface area (Å²) in [5.74, 6) is -0.801. The summed E-state index contributed by atoms with van der Waals surface area (Å²) >= 11 is 1.32. The average Bonchev–Trinajstić information content (AvgIpc) is 3.16. The van der Waals surface area contributed by atoms with Crippen LogP contribution in [0.3, 0.4) is 0 Å². The lowest BCUT2D eigenvalue weighted by atomic mass is 10.1. The molecule has 0 atom stereocenters. The van der Waals surface area contributed by atoms with Crippen LogP contribution in [-0.2, 0) is 11.2 Å². The van der Waals surface area contributed by atoms with E-state index in [0.29, 0.717) is 4.88 Å². The highest BCUT2D eigenvalue weighted by Gasteiger charge is 2.13. The lowest BCUT2D eigenvalue weighted by Gasteiger charge is -2.05. The van der Waals surface area contributed by atoms with E-state index in [2.05, 4.69) is 4.98 Å². The highest BCUT2D eigenvalue weighted by molar-refractivity contribution is 7.12. The van der Waals surface area contributed by atoms with Gasteiger partial charge in [-0.25, -0.2) is 9.78 Å². The Morgan fingerprint density at radius 3 is 2.46 bits per heavy atom. The second kappa shape index (κ2) is 7.66. The lowest BCUT2D eigenvalue weighted by Crippen LogP contribution is -2.14. The molecule has 0 aliphatic heterocycles. The molecule has 5 heteroatoms. The minimum atomic E-state index is -0.592. The van der Waals surface area contributed by atoms with Crippen LogP contribution in [0.15, 0.2) is 66.2 Å². The first-order valence-electron chi connectivity index (χ1n) is 7.45. The van der Waals surface area contributed by atoms with Gasteiger partial charge in [0.2, 0.25) is 5.78 Å². The number of Topliss-reactive ketones (excluding diaryl/α,β-unsaturated/α-hetero) is 1. The van der Waals surface area contributed by atoms with Crippen molar-refractivity contribution < 1.29 is 14.3 Å². The molecule has 2 aromatic heterocycles. The van der Waals surface area contributed by atoms with Crippen molar-refractivity contribution in [1.29, 1.82) is 0 Å². The molecular weight excluding hydrogens is 322 g/mol. The number of nitrogens with zero attached hydrogens (tertiary/aromatic N) is 1. The highest BCUT2D eigenvalue weighted by Crippen LogP contribution is 2.11. The van der Waals surface area contributed by atoms with Crippen LogP contribution >= 0.6 is 11.3 Å². The van der Waals surface area contributed by atoms with Gasteiger partial charge in [0.25, 0.3) is 0 Å². The molecule has 3 aromatic rings. The number of carbonyl (C=O) groups excluding carboxylic acids is 2. The Balaban J connectivity index is 1.57. The van der Waals surface area contributed by atoms with E-state index in [-0.39, 0.29) is 18.1 Å². The summed E-state index contributed by atoms with van der Waals surface area (Å²) in [4.78, 5) is 28.5. The molecule has 1 aromatic carbocycles. The topological polar surface area (TPSA) is 56.3 Å². The first kappa shape index (κ1) is 16.1. The molecule has 0 fully saturated rings. The van der Waals surface area contributed by atoms with E-state index in [4.69, 9.17) is 4.74 Å². The van der Waals surface area contributed by atoms with E-state index >= 15 is 0 Å². The standard InChI is InChI=1S/C19H15NO3S/c21-17(18-7-4-10-24-18)13-23-19(22)16-9-8-15(12-20-16)11-14-5-2-1-3-6-14/h1-10,12H,11,13H2. The van der Waals surface area contributed by atoms with Gasteiger partial charge in [-0.3, -0.25) is 4.79 Å². The largest absolute Gasteiger partial charge is 0.453 e. The Kier molecular flexibility index (Phi) is 5.13. The minimum Gasteiger partial charge on any atom is -0.453 e. The van der Waals surface area contributed by atoms with Crippen molar-refractivity contribution in [1.82, 2.24) is 4.98 Å². The molecule has 2 heterocycles. The maximum absolute atomic E-state index is 12.0. The third-order valence-corrected chi connectivity index (χ3v) is 4.33. The molecule has 120 valence electrons. The van der Waals surface area contributed by atoms with Crippen molar-refractivity contribution in [2.24, 2.45) is 0 Å². The predicted molar refractivity (Wildman–Crippen MR) is 92.4 cm³/mol. The Morgan fingerprint density at radius 1 is 0.958 bits per heavy atom. The molecule has 0 aliphatic rings. The van der Waals surface area contributed by atoms with Crippen LogP contribution in [0.5, 0.6) is 0 Å². The Hall–Kier alpha value is -2.79. The number of pyridine rings is 1. The Morgan fingerprint density at radius 2 is 1.79 bits per heavy atom. The van der Waals surface area contributed by atoms with Crippen molar-refractivity contribution in [3.63, 3.8) is 0 Å². The quantitative estimate of drug-likeness (QED) is 0.507. The fourth-order valence-electron chi connectivity index (χ4n) is 2.19. The first-order chi connectivity index (χ1) is 11.7. The molecule has 0 saturated carbocycles. The van der Waals surface area contributed by atoms with Crippen LogP contribution in [0.2, 0.25) is 0 Å². The summed E-state index contributed by atoms with van der Waals surface area (Å²) in [5, 5.41) is 1.81. The molecular formula is C19H15NO3S. The number of benzene rings is 1. The minimum absolute atomic E-state index is 0.200. The number of hydrogen-bond donors (Lipinski definition) is 0. The molecule has 0 spiro atoms. The van der Waals surface area contributed by atoms with Gasteiger partial charge in [-0.1, -0.05) is 42.5 Å². The molecule has 0 amide bonds. The first-order valence-corrected chi connectivity index (χ1v) is 8.33. The van der Waals surface area contributed by atoms with E-state index < -0.39 is 5.97 Å². The molecule has 4 nitrogen and oxygen atoms in total. The second-order valence-corrected chi connectivity index (χ2v) is 6.14. The summed E-state index contributed by atoms with van der Waals surface area (Å²) in [6.07, 6.45) is 2.41. The van der Waals surface area contributed by atoms with Gasteiger partial charge in [0.15, 0.2) is 6.61 Å². The number of thiophene rings is 1. The summed E-state index contributed by atoms with van der Waals surface area (Å²) in [6, 6.07) is 17.0. The summed E-state index contributed by atoms with van der Waals surface area (Å²) < 4.78 is 5.03. The van der Waals surface area contributed by atoms with Gasteiger partial charge >= 0.3 is 5.97 Å². The normalized spacial score (nSPS) is 10.3. The number of ketones is 1. The van der Waals surface area contributed by atoms with Crippen molar-refractivity contribution in [3.8, 4) is 0 Å². The zero-order valence-corrected chi connectivity index (χ0v) is 13.7. The number of aromatic nitrogens is 1. The van der Waals surface area contributed by atoms with E-state index in [0.717, 1.165) is 12.0 Å². The van der Waals surface area contributed by atoms with Crippen molar-refractivity contribution >= 4 is 23.1 Å². The summed E-state index contributed by atoms with van der Waals surface area (Å²) in [7, 11) is 0. The third-order valence-electron chi connectivity index (χ3n) is 3.42. The average molecular weight is 337 g/mol. The molecule has 0 unspecified atom stereocenters. The second-order valence-electron chi connectivity index (χ2n) is 5.19. The van der Waals surface area contributed by atoms with Gasteiger partial charge in [0, 0.05) is 6.20 Å². The zero-order valence-electron chi connectivity index (χ0n) is 12.8. The Labute approximate surface area is 143 Å². The smallest absolute Gasteiger partial charge is 0.357 e. The van der Waals surface area contributed by atoms with Crippen LogP contribution in [-0.4, -0.2) is 23.3 Å². The monoisotopic (exact) mass is 337 g/mol. The number of carbonyl (C=O) groups is 2. The molecule has 0 aliphatic carbocycles. The number of esters is 1. The molecule has 0 saturated heterocycles. The van der Waals surface area contributed by atoms with Crippen LogP contribution in [0.4, 0.5) is 0 Å². The number of rotatable bonds is 6. The fourth-order valence-corrected chi connectivity index (χ4v) is 2.85. The molecule has 0 N–H and O–H groups in total. The van der Waals surface area contributed by atoms with Gasteiger partial charge < -0.3 is 4.74 Å². The lowest BCUT2D eigenvalue weighted by molar-refractivity contribution is 0.0470.